The number of nitrogens with one attached hydrogen (secondary N) is 4. The topological polar surface area (TPSA) is 172 Å². The molecular weight excluding hydrogens is 470 g/mol. The highest BCUT2D eigenvalue weighted by Crippen LogP contribution is 2.20. The quantitative estimate of drug-likeness (QED) is 0.275. The van der Waals surface area contributed by atoms with Crippen LogP contribution in [0.2, 0.25) is 5.02 Å². The Bertz CT molecular complexity index is 1310. The van der Waals surface area contributed by atoms with Crippen LogP contribution in [0.4, 0.5) is 5.69 Å². The molecule has 0 saturated carbocycles. The molecular formula is C20H22ClN7O4S. The normalized spacial score (nSPS) is 12.3. The molecule has 1 amide bonds. The Morgan fingerprint density at radius 1 is 1.24 bits per heavy atom. The van der Waals surface area contributed by atoms with Crippen molar-refractivity contribution in [2.75, 3.05) is 5.73 Å². The molecule has 1 aromatic carbocycles. The number of pyridine rings is 1. The number of carbonyl (C=O) groups excluding carboxylic acids is 1. The maximum Gasteiger partial charge on any atom is 0.271 e. The zero-order valence-corrected chi connectivity index (χ0v) is 19.1. The molecule has 2 heterocycles. The Balaban J connectivity index is 1.75. The van der Waals surface area contributed by atoms with E-state index in [-0.39, 0.29) is 28.6 Å². The highest BCUT2D eigenvalue weighted by atomic mass is 35.5. The molecule has 0 aliphatic rings. The molecule has 0 saturated heterocycles. The van der Waals surface area contributed by atoms with E-state index in [2.05, 4.69) is 30.5 Å². The van der Waals surface area contributed by atoms with Crippen molar-refractivity contribution in [1.82, 2.24) is 30.5 Å². The Hall–Kier alpha value is -3.32. The zero-order chi connectivity index (χ0) is 24.0. The van der Waals surface area contributed by atoms with Gasteiger partial charge in [-0.05, 0) is 31.2 Å². The summed E-state index contributed by atoms with van der Waals surface area (Å²) in [6.07, 6.45) is 2.34. The fraction of sp³-hybridized carbons (Fsp3) is 0.200. The Morgan fingerprint density at radius 3 is 2.73 bits per heavy atom. The number of aromatic amines is 1. The van der Waals surface area contributed by atoms with Crippen LogP contribution in [-0.2, 0) is 21.4 Å². The van der Waals surface area contributed by atoms with Gasteiger partial charge in [-0.3, -0.25) is 19.6 Å². The fourth-order valence-corrected chi connectivity index (χ4v) is 4.33. The molecule has 33 heavy (non-hydrogen) atoms. The summed E-state index contributed by atoms with van der Waals surface area (Å²) in [6.45, 7) is 1.85. The molecule has 0 radical (unpaired) electrons. The van der Waals surface area contributed by atoms with E-state index >= 15 is 0 Å². The van der Waals surface area contributed by atoms with E-state index in [0.717, 1.165) is 5.69 Å². The smallest absolute Gasteiger partial charge is 0.271 e. The Kier molecular flexibility index (Phi) is 7.76. The number of sulfonamides is 1. The van der Waals surface area contributed by atoms with Gasteiger partial charge in [0.1, 0.15) is 10.6 Å². The number of aromatic nitrogens is 3. The van der Waals surface area contributed by atoms with Gasteiger partial charge in [0.15, 0.2) is 0 Å². The van der Waals surface area contributed by atoms with Crippen LogP contribution in [0, 0.1) is 6.92 Å². The van der Waals surface area contributed by atoms with Crippen molar-refractivity contribution in [3.8, 4) is 0 Å². The maximum absolute atomic E-state index is 12.7. The molecule has 1 atom stereocenters. The largest absolute Gasteiger partial charge is 0.397 e. The molecule has 174 valence electrons. The summed E-state index contributed by atoms with van der Waals surface area (Å²) in [4.78, 5) is 37.6. The van der Waals surface area contributed by atoms with E-state index < -0.39 is 27.5 Å². The number of rotatable bonds is 9. The highest BCUT2D eigenvalue weighted by molar-refractivity contribution is 7.89. The first kappa shape index (κ1) is 24.3. The summed E-state index contributed by atoms with van der Waals surface area (Å²) in [5, 5.41) is 2.68. The van der Waals surface area contributed by atoms with E-state index in [4.69, 9.17) is 17.3 Å². The molecule has 13 heteroatoms. The van der Waals surface area contributed by atoms with Gasteiger partial charge < -0.3 is 16.0 Å². The monoisotopic (exact) mass is 491 g/mol. The first-order chi connectivity index (χ1) is 15.7. The second-order valence-electron chi connectivity index (χ2n) is 7.01. The number of hydrogen-bond donors (Lipinski definition) is 5. The molecule has 0 aliphatic carbocycles. The lowest BCUT2D eigenvalue weighted by atomic mass is 10.1. The van der Waals surface area contributed by atoms with Crippen LogP contribution < -0.4 is 26.9 Å². The van der Waals surface area contributed by atoms with Gasteiger partial charge in [0.05, 0.1) is 29.0 Å². The number of hydrazine groups is 1. The highest BCUT2D eigenvalue weighted by Gasteiger charge is 2.24. The number of carbonyl (C=O) groups is 1. The van der Waals surface area contributed by atoms with Crippen LogP contribution in [-0.4, -0.2) is 29.3 Å². The van der Waals surface area contributed by atoms with Crippen molar-refractivity contribution in [2.24, 2.45) is 0 Å². The standard InChI is InChI=1S/C20H22ClN7O4S/c1-12-6-7-14(22)16(26-12)11-25-18(29)10-15(19-20(30)24-9-8-23-19)27-28-33(31,32)17-5-3-2-4-13(17)21/h2-9,15,27-28H,10-11,22H2,1H3,(H,24,30)(H,25,29). The van der Waals surface area contributed by atoms with E-state index in [1.807, 2.05) is 0 Å². The zero-order valence-electron chi connectivity index (χ0n) is 17.5. The lowest BCUT2D eigenvalue weighted by Crippen LogP contribution is -2.43. The van der Waals surface area contributed by atoms with Gasteiger partial charge in [0, 0.05) is 24.5 Å². The van der Waals surface area contributed by atoms with Crippen molar-refractivity contribution in [2.45, 2.75) is 30.8 Å². The number of nitrogens with two attached hydrogens (primary N) is 1. The lowest BCUT2D eigenvalue weighted by molar-refractivity contribution is -0.121. The number of halogens is 1. The predicted molar refractivity (Wildman–Crippen MR) is 122 cm³/mol. The number of hydrogen-bond acceptors (Lipinski definition) is 8. The molecule has 11 nitrogen and oxygen atoms in total. The minimum Gasteiger partial charge on any atom is -0.397 e. The van der Waals surface area contributed by atoms with E-state index in [9.17, 15) is 18.0 Å². The minimum atomic E-state index is -4.10. The Morgan fingerprint density at radius 2 is 2.00 bits per heavy atom. The number of nitrogens with zero attached hydrogens (tertiary/aromatic N) is 2. The van der Waals surface area contributed by atoms with Crippen molar-refractivity contribution in [3.63, 3.8) is 0 Å². The molecule has 0 aliphatic heterocycles. The van der Waals surface area contributed by atoms with Gasteiger partial charge in [-0.2, -0.15) is 0 Å². The van der Waals surface area contributed by atoms with Crippen molar-refractivity contribution < 1.29 is 13.2 Å². The average Bonchev–Trinajstić information content (AvgIpc) is 2.78. The molecule has 0 fully saturated rings. The second-order valence-corrected chi connectivity index (χ2v) is 9.06. The molecule has 3 rings (SSSR count). The summed E-state index contributed by atoms with van der Waals surface area (Å²) in [6, 6.07) is 8.20. The van der Waals surface area contributed by atoms with Crippen LogP contribution >= 0.6 is 11.6 Å². The third kappa shape index (κ3) is 6.35. The molecule has 0 bridgehead atoms. The van der Waals surface area contributed by atoms with Crippen LogP contribution in [0.3, 0.4) is 0 Å². The molecule has 6 N–H and O–H groups in total. The third-order valence-corrected chi connectivity index (χ3v) is 6.31. The SMILES string of the molecule is Cc1ccc(N)c(CNC(=O)CC(NNS(=O)(=O)c2ccccc2Cl)c2ncc[nH]c2=O)n1. The number of nitrogen functional groups attached to an aromatic ring is 1. The van der Waals surface area contributed by atoms with Gasteiger partial charge in [-0.1, -0.05) is 23.7 Å². The number of amides is 1. The summed E-state index contributed by atoms with van der Waals surface area (Å²) in [5.41, 5.74) is 9.38. The Labute approximate surface area is 194 Å². The second kappa shape index (κ2) is 10.5. The van der Waals surface area contributed by atoms with Crippen molar-refractivity contribution >= 4 is 33.2 Å². The summed E-state index contributed by atoms with van der Waals surface area (Å²) in [7, 11) is -4.10. The maximum atomic E-state index is 12.7. The van der Waals surface area contributed by atoms with E-state index in [1.165, 1.54) is 30.6 Å². The van der Waals surface area contributed by atoms with Gasteiger partial charge in [0.2, 0.25) is 5.91 Å². The number of benzene rings is 1. The first-order valence-electron chi connectivity index (χ1n) is 9.71. The van der Waals surface area contributed by atoms with Crippen LogP contribution in [0.5, 0.6) is 0 Å². The van der Waals surface area contributed by atoms with Crippen molar-refractivity contribution in [1.29, 1.82) is 0 Å². The molecule has 1 unspecified atom stereocenters. The number of H-pyrrole nitrogens is 1. The molecule has 0 spiro atoms. The van der Waals surface area contributed by atoms with E-state index in [0.29, 0.717) is 11.4 Å². The van der Waals surface area contributed by atoms with E-state index in [1.54, 1.807) is 25.1 Å². The summed E-state index contributed by atoms with van der Waals surface area (Å²) < 4.78 is 25.3. The van der Waals surface area contributed by atoms with Crippen LogP contribution in [0.1, 0.15) is 29.5 Å². The predicted octanol–water partition coefficient (Wildman–Crippen LogP) is 0.940. The summed E-state index contributed by atoms with van der Waals surface area (Å²) in [5.74, 6) is -0.489. The third-order valence-electron chi connectivity index (χ3n) is 4.55. The van der Waals surface area contributed by atoms with Crippen LogP contribution in [0.25, 0.3) is 0 Å². The van der Waals surface area contributed by atoms with Crippen LogP contribution in [0.15, 0.2) is 58.5 Å². The van der Waals surface area contributed by atoms with Gasteiger partial charge in [-0.15, -0.1) is 4.83 Å². The minimum absolute atomic E-state index is 0.0139. The number of anilines is 1. The first-order valence-corrected chi connectivity index (χ1v) is 11.6. The molecule has 3 aromatic rings. The molecule has 2 aromatic heterocycles. The average molecular weight is 492 g/mol. The lowest BCUT2D eigenvalue weighted by Gasteiger charge is -2.18. The fourth-order valence-electron chi connectivity index (χ4n) is 2.90. The number of aryl methyl sites for hydroxylation is 1. The van der Waals surface area contributed by atoms with Gasteiger partial charge in [-0.25, -0.2) is 13.8 Å². The summed E-state index contributed by atoms with van der Waals surface area (Å²) >= 11 is 5.98. The van der Waals surface area contributed by atoms with Gasteiger partial charge in [0.25, 0.3) is 15.6 Å². The van der Waals surface area contributed by atoms with Crippen molar-refractivity contribution in [3.05, 3.63) is 81.3 Å². The van der Waals surface area contributed by atoms with Gasteiger partial charge >= 0.3 is 0 Å².